The van der Waals surface area contributed by atoms with Crippen LogP contribution in [-0.4, -0.2) is 35.6 Å². The van der Waals surface area contributed by atoms with E-state index < -0.39 is 10.0 Å². The number of hydrogen-bond donors (Lipinski definition) is 1. The highest BCUT2D eigenvalue weighted by Crippen LogP contribution is 2.32. The Kier molecular flexibility index (Phi) is 4.19. The first-order valence-corrected chi connectivity index (χ1v) is 9.73. The van der Waals surface area contributed by atoms with Crippen LogP contribution in [0.4, 0.5) is 11.5 Å². The van der Waals surface area contributed by atoms with Crippen LogP contribution in [0.1, 0.15) is 11.3 Å². The van der Waals surface area contributed by atoms with Gasteiger partial charge in [-0.3, -0.25) is 9.10 Å². The molecule has 1 N–H and O–H groups in total. The quantitative estimate of drug-likeness (QED) is 0.711. The molecule has 10 heteroatoms. The van der Waals surface area contributed by atoms with Crippen LogP contribution < -0.4 is 9.62 Å². The van der Waals surface area contributed by atoms with Crippen molar-refractivity contribution >= 4 is 27.4 Å². The fraction of sp³-hybridized carbons (Fsp3) is 0.235. The second-order valence-corrected chi connectivity index (χ2v) is 8.02. The van der Waals surface area contributed by atoms with E-state index in [1.54, 1.807) is 25.1 Å². The summed E-state index contributed by atoms with van der Waals surface area (Å²) in [5, 5.41) is 6.16. The van der Waals surface area contributed by atoms with Gasteiger partial charge in [-0.05, 0) is 25.0 Å². The molecule has 0 radical (unpaired) electrons. The van der Waals surface area contributed by atoms with Crippen LogP contribution in [-0.2, 0) is 27.8 Å². The van der Waals surface area contributed by atoms with Crippen LogP contribution in [0.25, 0.3) is 0 Å². The number of carbonyl (C=O) groups is 1. The van der Waals surface area contributed by atoms with E-state index in [9.17, 15) is 13.2 Å². The largest absolute Gasteiger partial charge is 0.360 e. The van der Waals surface area contributed by atoms with Crippen molar-refractivity contribution < 1.29 is 17.7 Å². The van der Waals surface area contributed by atoms with Crippen molar-refractivity contribution in [3.63, 3.8) is 0 Å². The van der Waals surface area contributed by atoms with Crippen LogP contribution in [0.15, 0.2) is 52.4 Å². The molecule has 0 atom stereocenters. The lowest BCUT2D eigenvalue weighted by molar-refractivity contribution is -0.116. The molecule has 0 bridgehead atoms. The molecule has 0 spiro atoms. The number of imidazole rings is 1. The Morgan fingerprint density at radius 2 is 2.15 bits per heavy atom. The average Bonchev–Trinajstić information content (AvgIpc) is 3.34. The summed E-state index contributed by atoms with van der Waals surface area (Å²) in [5.41, 5.74) is 1.66. The molecule has 3 aromatic rings. The minimum absolute atomic E-state index is 0.0922. The minimum Gasteiger partial charge on any atom is -0.360 e. The molecule has 3 heterocycles. The van der Waals surface area contributed by atoms with Crippen molar-refractivity contribution in [2.24, 2.45) is 0 Å². The smallest absolute Gasteiger partial charge is 0.283 e. The van der Waals surface area contributed by atoms with E-state index in [0.29, 0.717) is 30.2 Å². The number of aromatic nitrogens is 3. The molecule has 27 heavy (non-hydrogen) atoms. The number of nitrogens with zero attached hydrogens (tertiary/aromatic N) is 4. The third kappa shape index (κ3) is 3.31. The molecule has 0 saturated carbocycles. The molecular formula is C17H17N5O4S. The maximum atomic E-state index is 12.9. The zero-order valence-electron chi connectivity index (χ0n) is 14.5. The summed E-state index contributed by atoms with van der Waals surface area (Å²) in [6.45, 7) is 2.00. The van der Waals surface area contributed by atoms with Crippen LogP contribution >= 0.6 is 0 Å². The molecule has 1 aliphatic heterocycles. The number of hydrogen-bond acceptors (Lipinski definition) is 6. The lowest BCUT2D eigenvalue weighted by atomic mass is 10.2. The first kappa shape index (κ1) is 17.3. The number of anilines is 2. The van der Waals surface area contributed by atoms with Crippen molar-refractivity contribution in [1.29, 1.82) is 0 Å². The van der Waals surface area contributed by atoms with Gasteiger partial charge in [-0.2, -0.15) is 8.42 Å². The van der Waals surface area contributed by atoms with Crippen LogP contribution in [0.3, 0.4) is 0 Å². The molecule has 140 valence electrons. The third-order valence-corrected chi connectivity index (χ3v) is 5.93. The van der Waals surface area contributed by atoms with Gasteiger partial charge in [-0.15, -0.1) is 0 Å². The maximum absolute atomic E-state index is 12.9. The summed E-state index contributed by atoms with van der Waals surface area (Å²) >= 11 is 0. The molecule has 0 saturated heterocycles. The summed E-state index contributed by atoms with van der Waals surface area (Å²) in [7, 11) is -3.78. The molecule has 9 nitrogen and oxygen atoms in total. The molecule has 1 aliphatic rings. The second kappa shape index (κ2) is 6.54. The van der Waals surface area contributed by atoms with Crippen molar-refractivity contribution in [1.82, 2.24) is 14.7 Å². The standard InChI is InChI=1S/C17H17N5O4S/c1-12-8-15(20-26-12)19-16(23)9-21-10-17(18-11-21)27(24,25)22-7-6-13-4-2-3-5-14(13)22/h2-5,8,10-11H,6-7,9H2,1H3,(H,19,20,23). The van der Waals surface area contributed by atoms with Crippen molar-refractivity contribution in [2.45, 2.75) is 24.9 Å². The van der Waals surface area contributed by atoms with Gasteiger partial charge >= 0.3 is 0 Å². The number of benzene rings is 1. The summed E-state index contributed by atoms with van der Waals surface area (Å²) in [4.78, 5) is 16.1. The zero-order chi connectivity index (χ0) is 19.0. The predicted molar refractivity (Wildman–Crippen MR) is 96.8 cm³/mol. The van der Waals surface area contributed by atoms with E-state index in [-0.39, 0.29) is 17.5 Å². The fourth-order valence-electron chi connectivity index (χ4n) is 3.00. The third-order valence-electron chi connectivity index (χ3n) is 4.23. The van der Waals surface area contributed by atoms with Crippen LogP contribution in [0, 0.1) is 6.92 Å². The number of nitrogens with one attached hydrogen (secondary N) is 1. The lowest BCUT2D eigenvalue weighted by Crippen LogP contribution is -2.29. The Morgan fingerprint density at radius 1 is 1.33 bits per heavy atom. The molecule has 2 aromatic heterocycles. The van der Waals surface area contributed by atoms with Gasteiger partial charge in [0.05, 0.1) is 12.0 Å². The highest BCUT2D eigenvalue weighted by Gasteiger charge is 2.32. The van der Waals surface area contributed by atoms with Crippen molar-refractivity contribution in [3.05, 3.63) is 54.2 Å². The topological polar surface area (TPSA) is 110 Å². The first-order chi connectivity index (χ1) is 12.9. The molecule has 1 aromatic carbocycles. The van der Waals surface area contributed by atoms with Gasteiger partial charge in [0.1, 0.15) is 12.3 Å². The van der Waals surface area contributed by atoms with Gasteiger partial charge in [-0.1, -0.05) is 23.4 Å². The van der Waals surface area contributed by atoms with Crippen molar-refractivity contribution in [2.75, 3.05) is 16.2 Å². The highest BCUT2D eigenvalue weighted by atomic mass is 32.2. The number of aryl methyl sites for hydroxylation is 1. The highest BCUT2D eigenvalue weighted by molar-refractivity contribution is 7.92. The molecule has 1 amide bonds. The van der Waals surface area contributed by atoms with Gasteiger partial charge < -0.3 is 14.4 Å². The van der Waals surface area contributed by atoms with E-state index in [1.165, 1.54) is 21.4 Å². The summed E-state index contributed by atoms with van der Waals surface area (Å²) in [5.74, 6) is 0.516. The molecule has 0 unspecified atom stereocenters. The number of sulfonamides is 1. The molecule has 4 rings (SSSR count). The summed E-state index contributed by atoms with van der Waals surface area (Å²) in [6.07, 6.45) is 3.34. The molecule has 0 fully saturated rings. The molecular weight excluding hydrogens is 370 g/mol. The Balaban J connectivity index is 1.49. The second-order valence-electron chi connectivity index (χ2n) is 6.21. The summed E-state index contributed by atoms with van der Waals surface area (Å²) < 4.78 is 33.5. The van der Waals surface area contributed by atoms with E-state index in [4.69, 9.17) is 4.52 Å². The van der Waals surface area contributed by atoms with Gasteiger partial charge in [0.15, 0.2) is 10.8 Å². The fourth-order valence-corrected chi connectivity index (χ4v) is 4.45. The Labute approximate surface area is 155 Å². The van der Waals surface area contributed by atoms with E-state index >= 15 is 0 Å². The SMILES string of the molecule is Cc1cc(NC(=O)Cn2cnc(S(=O)(=O)N3CCc4ccccc43)c2)no1. The van der Waals surface area contributed by atoms with E-state index in [1.807, 2.05) is 12.1 Å². The van der Waals surface area contributed by atoms with Gasteiger partial charge in [0, 0.05) is 18.8 Å². The number of amides is 1. The first-order valence-electron chi connectivity index (χ1n) is 8.29. The van der Waals surface area contributed by atoms with Gasteiger partial charge in [0.2, 0.25) is 5.91 Å². The monoisotopic (exact) mass is 387 g/mol. The Hall–Kier alpha value is -3.14. The maximum Gasteiger partial charge on any atom is 0.283 e. The van der Waals surface area contributed by atoms with Gasteiger partial charge in [0.25, 0.3) is 10.0 Å². The number of fused-ring (bicyclic) bond motifs is 1. The van der Waals surface area contributed by atoms with Crippen LogP contribution in [0.2, 0.25) is 0 Å². The number of carbonyl (C=O) groups excluding carboxylic acids is 1. The minimum atomic E-state index is -3.78. The number of rotatable bonds is 5. The van der Waals surface area contributed by atoms with Crippen molar-refractivity contribution in [3.8, 4) is 0 Å². The average molecular weight is 387 g/mol. The predicted octanol–water partition coefficient (Wildman–Crippen LogP) is 1.57. The Bertz CT molecular complexity index is 1100. The normalized spacial score (nSPS) is 13.6. The Morgan fingerprint density at radius 3 is 2.93 bits per heavy atom. The number of para-hydroxylation sites is 1. The molecule has 0 aliphatic carbocycles. The van der Waals surface area contributed by atoms with Crippen LogP contribution in [0.5, 0.6) is 0 Å². The van der Waals surface area contributed by atoms with E-state index in [0.717, 1.165) is 5.56 Å². The zero-order valence-corrected chi connectivity index (χ0v) is 15.3. The summed E-state index contributed by atoms with van der Waals surface area (Å²) in [6, 6.07) is 8.98. The van der Waals surface area contributed by atoms with Gasteiger partial charge in [-0.25, -0.2) is 4.98 Å². The lowest BCUT2D eigenvalue weighted by Gasteiger charge is -2.17. The van der Waals surface area contributed by atoms with E-state index in [2.05, 4.69) is 15.5 Å².